The standard InChI is InChI=1S/C21H27N3O/c1-20(2,3)16-9-15(13-24-21(4,5)6)19(25)18(10-16)14-7-8-17(11-22)23-12-14/h7-10,12,24-25H,13H2,1-6H3. The first-order chi connectivity index (χ1) is 11.5. The highest BCUT2D eigenvalue weighted by Crippen LogP contribution is 2.37. The molecule has 2 N–H and O–H groups in total. The summed E-state index contributed by atoms with van der Waals surface area (Å²) < 4.78 is 0. The smallest absolute Gasteiger partial charge is 0.140 e. The third kappa shape index (κ3) is 4.80. The largest absolute Gasteiger partial charge is 0.507 e. The monoisotopic (exact) mass is 337 g/mol. The van der Waals surface area contributed by atoms with Gasteiger partial charge in [0.15, 0.2) is 0 Å². The van der Waals surface area contributed by atoms with Crippen molar-refractivity contribution in [1.82, 2.24) is 10.3 Å². The molecule has 0 amide bonds. The average Bonchev–Trinajstić information content (AvgIpc) is 2.52. The second-order valence-electron chi connectivity index (χ2n) is 8.43. The summed E-state index contributed by atoms with van der Waals surface area (Å²) in [6, 6.07) is 9.60. The number of rotatable bonds is 3. The van der Waals surface area contributed by atoms with Crippen LogP contribution in [-0.4, -0.2) is 15.6 Å². The van der Waals surface area contributed by atoms with Crippen LogP contribution < -0.4 is 5.32 Å². The summed E-state index contributed by atoms with van der Waals surface area (Å²) >= 11 is 0. The Hall–Kier alpha value is -2.38. The van der Waals surface area contributed by atoms with Crippen molar-refractivity contribution < 1.29 is 5.11 Å². The molecule has 0 aliphatic carbocycles. The van der Waals surface area contributed by atoms with Gasteiger partial charge in [-0.1, -0.05) is 26.8 Å². The summed E-state index contributed by atoms with van der Waals surface area (Å²) in [6.45, 7) is 13.3. The molecule has 2 aromatic rings. The molecule has 25 heavy (non-hydrogen) atoms. The Morgan fingerprint density at radius 2 is 1.80 bits per heavy atom. The van der Waals surface area contributed by atoms with Crippen molar-refractivity contribution in [2.45, 2.75) is 59.0 Å². The Balaban J connectivity index is 2.55. The van der Waals surface area contributed by atoms with E-state index in [-0.39, 0.29) is 16.7 Å². The molecule has 0 aliphatic heterocycles. The lowest BCUT2D eigenvalue weighted by molar-refractivity contribution is 0.411. The van der Waals surface area contributed by atoms with Crippen LogP contribution in [0.4, 0.5) is 0 Å². The summed E-state index contributed by atoms with van der Waals surface area (Å²) in [6.07, 6.45) is 1.64. The number of hydrogen-bond donors (Lipinski definition) is 2. The van der Waals surface area contributed by atoms with Crippen molar-refractivity contribution >= 4 is 0 Å². The van der Waals surface area contributed by atoms with Gasteiger partial charge >= 0.3 is 0 Å². The molecule has 0 bridgehead atoms. The van der Waals surface area contributed by atoms with Gasteiger partial charge in [-0.15, -0.1) is 0 Å². The molecule has 0 atom stereocenters. The first-order valence-electron chi connectivity index (χ1n) is 8.49. The second kappa shape index (κ2) is 6.85. The fourth-order valence-electron chi connectivity index (χ4n) is 2.46. The number of benzene rings is 1. The molecule has 1 aromatic carbocycles. The van der Waals surface area contributed by atoms with Gasteiger partial charge in [-0.05, 0) is 49.9 Å². The van der Waals surface area contributed by atoms with E-state index < -0.39 is 0 Å². The summed E-state index contributed by atoms with van der Waals surface area (Å²) in [7, 11) is 0. The number of phenolic OH excluding ortho intramolecular Hbond substituents is 1. The van der Waals surface area contributed by atoms with Crippen LogP contribution in [0.1, 0.15) is 58.4 Å². The van der Waals surface area contributed by atoms with Gasteiger partial charge in [0, 0.05) is 35.0 Å². The maximum atomic E-state index is 10.8. The topological polar surface area (TPSA) is 68.9 Å². The van der Waals surface area contributed by atoms with E-state index in [0.717, 1.165) is 22.3 Å². The number of pyridine rings is 1. The number of nitrogens with zero attached hydrogens (tertiary/aromatic N) is 2. The quantitative estimate of drug-likeness (QED) is 0.864. The third-order valence-electron chi connectivity index (χ3n) is 4.05. The van der Waals surface area contributed by atoms with Crippen molar-refractivity contribution in [3.63, 3.8) is 0 Å². The molecule has 0 unspecified atom stereocenters. The van der Waals surface area contributed by atoms with Gasteiger partial charge in [-0.2, -0.15) is 5.26 Å². The lowest BCUT2D eigenvalue weighted by atomic mass is 9.83. The van der Waals surface area contributed by atoms with Crippen LogP contribution in [0.3, 0.4) is 0 Å². The first-order valence-corrected chi connectivity index (χ1v) is 8.49. The highest BCUT2D eigenvalue weighted by atomic mass is 16.3. The van der Waals surface area contributed by atoms with Crippen LogP contribution in [0.5, 0.6) is 5.75 Å². The third-order valence-corrected chi connectivity index (χ3v) is 4.05. The minimum absolute atomic E-state index is 0.0413. The van der Waals surface area contributed by atoms with Crippen LogP contribution in [0, 0.1) is 11.3 Å². The zero-order valence-electron chi connectivity index (χ0n) is 15.9. The van der Waals surface area contributed by atoms with E-state index in [0.29, 0.717) is 12.2 Å². The van der Waals surface area contributed by atoms with Gasteiger partial charge < -0.3 is 10.4 Å². The molecule has 0 aliphatic rings. The lowest BCUT2D eigenvalue weighted by Gasteiger charge is -2.25. The summed E-state index contributed by atoms with van der Waals surface area (Å²) in [4.78, 5) is 4.13. The SMILES string of the molecule is CC(C)(C)NCc1cc(C(C)(C)C)cc(-c2ccc(C#N)nc2)c1O. The zero-order chi connectivity index (χ0) is 18.8. The van der Waals surface area contributed by atoms with Gasteiger partial charge in [0.1, 0.15) is 17.5 Å². The molecular formula is C21H27N3O. The van der Waals surface area contributed by atoms with E-state index >= 15 is 0 Å². The van der Waals surface area contributed by atoms with Crippen molar-refractivity contribution in [1.29, 1.82) is 5.26 Å². The number of nitriles is 1. The van der Waals surface area contributed by atoms with Crippen LogP contribution in [-0.2, 0) is 12.0 Å². The predicted molar refractivity (Wildman–Crippen MR) is 101 cm³/mol. The minimum Gasteiger partial charge on any atom is -0.507 e. The zero-order valence-corrected chi connectivity index (χ0v) is 15.9. The van der Waals surface area contributed by atoms with E-state index in [9.17, 15) is 5.11 Å². The Morgan fingerprint density at radius 3 is 2.28 bits per heavy atom. The highest BCUT2D eigenvalue weighted by molar-refractivity contribution is 5.72. The lowest BCUT2D eigenvalue weighted by Crippen LogP contribution is -2.35. The van der Waals surface area contributed by atoms with E-state index in [1.165, 1.54) is 0 Å². The van der Waals surface area contributed by atoms with Crippen LogP contribution in [0.2, 0.25) is 0 Å². The molecule has 2 rings (SSSR count). The highest BCUT2D eigenvalue weighted by Gasteiger charge is 2.20. The van der Waals surface area contributed by atoms with Crippen molar-refractivity contribution in [3.8, 4) is 22.9 Å². The average molecular weight is 337 g/mol. The van der Waals surface area contributed by atoms with Crippen LogP contribution in [0.25, 0.3) is 11.1 Å². The maximum Gasteiger partial charge on any atom is 0.140 e. The Bertz CT molecular complexity index is 788. The van der Waals surface area contributed by atoms with Gasteiger partial charge in [-0.25, -0.2) is 4.98 Å². The number of aromatic hydroxyl groups is 1. The van der Waals surface area contributed by atoms with E-state index in [1.807, 2.05) is 18.2 Å². The van der Waals surface area contributed by atoms with Crippen LogP contribution in [0.15, 0.2) is 30.5 Å². The van der Waals surface area contributed by atoms with E-state index in [4.69, 9.17) is 5.26 Å². The van der Waals surface area contributed by atoms with Crippen molar-refractivity contribution in [3.05, 3.63) is 47.3 Å². The fourth-order valence-corrected chi connectivity index (χ4v) is 2.46. The Kier molecular flexibility index (Phi) is 5.20. The molecule has 132 valence electrons. The molecule has 0 spiro atoms. The molecule has 0 radical (unpaired) electrons. The Labute approximate surface area is 150 Å². The van der Waals surface area contributed by atoms with Gasteiger partial charge in [0.25, 0.3) is 0 Å². The first kappa shape index (κ1) is 19.0. The summed E-state index contributed by atoms with van der Waals surface area (Å²) in [5.41, 5.74) is 3.84. The molecule has 0 fully saturated rings. The molecule has 4 nitrogen and oxygen atoms in total. The van der Waals surface area contributed by atoms with Gasteiger partial charge in [0.2, 0.25) is 0 Å². The maximum absolute atomic E-state index is 10.8. The number of hydrogen-bond acceptors (Lipinski definition) is 4. The summed E-state index contributed by atoms with van der Waals surface area (Å²) in [5.74, 6) is 0.260. The van der Waals surface area contributed by atoms with Gasteiger partial charge in [-0.3, -0.25) is 0 Å². The fraction of sp³-hybridized carbons (Fsp3) is 0.429. The summed E-state index contributed by atoms with van der Waals surface area (Å²) in [5, 5.41) is 23.2. The number of aromatic nitrogens is 1. The van der Waals surface area contributed by atoms with Crippen molar-refractivity contribution in [2.24, 2.45) is 0 Å². The van der Waals surface area contributed by atoms with E-state index in [2.05, 4.69) is 57.9 Å². The molecule has 1 heterocycles. The minimum atomic E-state index is -0.0427. The predicted octanol–water partition coefficient (Wildman–Crippen LogP) is 4.51. The molecule has 0 saturated heterocycles. The molecule has 4 heteroatoms. The molecule has 1 aromatic heterocycles. The Morgan fingerprint density at radius 1 is 1.12 bits per heavy atom. The number of nitrogens with one attached hydrogen (secondary N) is 1. The molecular weight excluding hydrogens is 310 g/mol. The second-order valence-corrected chi connectivity index (χ2v) is 8.43. The van der Waals surface area contributed by atoms with Crippen molar-refractivity contribution in [2.75, 3.05) is 0 Å². The van der Waals surface area contributed by atoms with Gasteiger partial charge in [0.05, 0.1) is 0 Å². The van der Waals surface area contributed by atoms with E-state index in [1.54, 1.807) is 12.3 Å². The van der Waals surface area contributed by atoms with Crippen LogP contribution >= 0.6 is 0 Å². The normalized spacial score (nSPS) is 12.0. The molecule has 0 saturated carbocycles. The number of phenols is 1.